The summed E-state index contributed by atoms with van der Waals surface area (Å²) in [7, 11) is -0.731. The van der Waals surface area contributed by atoms with E-state index >= 15 is 0 Å². The molecule has 0 radical (unpaired) electrons. The summed E-state index contributed by atoms with van der Waals surface area (Å²) in [5.74, 6) is 2.08. The van der Waals surface area contributed by atoms with Crippen LogP contribution in [0.15, 0.2) is 53.4 Å². The molecule has 0 spiro atoms. The van der Waals surface area contributed by atoms with E-state index in [0.29, 0.717) is 12.5 Å². The van der Waals surface area contributed by atoms with Crippen LogP contribution in [0.4, 0.5) is 5.69 Å². The number of rotatable bonds is 13. The number of carbonyl (C=O) groups is 1. The summed E-state index contributed by atoms with van der Waals surface area (Å²) in [6.07, 6.45) is 11.9. The van der Waals surface area contributed by atoms with Crippen LogP contribution in [0.25, 0.3) is 0 Å². The maximum atomic E-state index is 11.1. The molecule has 2 aliphatic rings. The summed E-state index contributed by atoms with van der Waals surface area (Å²) in [5, 5.41) is 11.9. The molecule has 1 aliphatic heterocycles. The lowest BCUT2D eigenvalue weighted by Crippen LogP contribution is -2.43. The molecule has 47 heavy (non-hydrogen) atoms. The van der Waals surface area contributed by atoms with Gasteiger partial charge in [0.25, 0.3) is 0 Å². The highest BCUT2D eigenvalue weighted by atomic mass is 35.5. The minimum absolute atomic E-state index is 0.0287. The number of aliphatic hydroxyl groups excluding tert-OH is 1. The van der Waals surface area contributed by atoms with Gasteiger partial charge in [-0.05, 0) is 104 Å². The van der Waals surface area contributed by atoms with Crippen LogP contribution in [0.2, 0.25) is 5.02 Å². The number of hydrogen-bond donors (Lipinski definition) is 2. The quantitative estimate of drug-likeness (QED) is 0.123. The third-order valence-electron chi connectivity index (χ3n) is 8.76. The molecule has 6 unspecified atom stereocenters. The third-order valence-corrected chi connectivity index (χ3v) is 9.69. The van der Waals surface area contributed by atoms with E-state index in [1.165, 1.54) is 11.1 Å². The van der Waals surface area contributed by atoms with Crippen molar-refractivity contribution < 1.29 is 23.1 Å². The van der Waals surface area contributed by atoms with E-state index in [0.717, 1.165) is 85.3 Å². The molecule has 1 saturated carbocycles. The lowest BCUT2D eigenvalue weighted by atomic mass is 9.70. The standard InChI is InChI=1S/C33H45ClN2O3S.C2H6O2S.C2H6/c1-5-7-24-16-27(34)11-14-29(24)26-19-36(31-17-28(40-35-4)12-15-33(31)39-21-26)18-25-10-13-30(25)32(38)9-6-8-22(2)23(3)20-37;1-5(2,3)4;1-2/h6,9,11-12,14-17,20,22-23,25-26,30,32,35,38H,5,7-8,10,13,18-19,21H2,1-4H3;1-2H3;1-2H3/b9-6+;;. The number of aldehydes is 1. The molecule has 7 nitrogen and oxygen atoms in total. The Balaban J connectivity index is 0.00000100. The topological polar surface area (TPSA) is 95.9 Å². The summed E-state index contributed by atoms with van der Waals surface area (Å²) in [6.45, 7) is 12.6. The number of nitrogens with one attached hydrogen (secondary N) is 1. The minimum atomic E-state index is -2.67. The highest BCUT2D eigenvalue weighted by Crippen LogP contribution is 2.43. The molecule has 0 amide bonds. The van der Waals surface area contributed by atoms with Crippen molar-refractivity contribution in [3.05, 3.63) is 64.7 Å². The van der Waals surface area contributed by atoms with E-state index in [1.807, 2.05) is 40.0 Å². The van der Waals surface area contributed by atoms with Crippen LogP contribution in [-0.2, 0) is 21.1 Å². The van der Waals surface area contributed by atoms with Gasteiger partial charge < -0.3 is 19.5 Å². The highest BCUT2D eigenvalue weighted by Gasteiger charge is 2.38. The normalized spacial score (nSPS) is 21.0. The van der Waals surface area contributed by atoms with Crippen molar-refractivity contribution >= 4 is 45.4 Å². The second-order valence-electron chi connectivity index (χ2n) is 12.7. The number of anilines is 1. The average Bonchev–Trinajstić information content (AvgIpc) is 3.18. The van der Waals surface area contributed by atoms with Crippen molar-refractivity contribution in [2.45, 2.75) is 83.6 Å². The zero-order valence-corrected chi connectivity index (χ0v) is 31.9. The van der Waals surface area contributed by atoms with Crippen molar-refractivity contribution in [2.75, 3.05) is 44.2 Å². The van der Waals surface area contributed by atoms with Crippen molar-refractivity contribution in [1.29, 1.82) is 0 Å². The molecule has 1 heterocycles. The van der Waals surface area contributed by atoms with Gasteiger partial charge in [0.1, 0.15) is 21.9 Å². The summed E-state index contributed by atoms with van der Waals surface area (Å²) < 4.78 is 28.9. The van der Waals surface area contributed by atoms with Gasteiger partial charge in [0.15, 0.2) is 0 Å². The fourth-order valence-electron chi connectivity index (χ4n) is 5.95. The van der Waals surface area contributed by atoms with Gasteiger partial charge in [-0.2, -0.15) is 0 Å². The number of sulfone groups is 1. The van der Waals surface area contributed by atoms with Gasteiger partial charge in [-0.15, -0.1) is 0 Å². The second kappa shape index (κ2) is 20.5. The Bertz CT molecular complexity index is 1380. The highest BCUT2D eigenvalue weighted by molar-refractivity contribution is 7.97. The molecule has 0 bridgehead atoms. The van der Waals surface area contributed by atoms with Crippen molar-refractivity contribution in [3.63, 3.8) is 0 Å². The van der Waals surface area contributed by atoms with Gasteiger partial charge in [-0.1, -0.05) is 70.9 Å². The van der Waals surface area contributed by atoms with E-state index < -0.39 is 15.9 Å². The Kier molecular flexibility index (Phi) is 17.9. The number of aryl methyl sites for hydroxylation is 1. The number of aliphatic hydroxyl groups is 1. The number of fused-ring (bicyclic) bond motifs is 1. The van der Waals surface area contributed by atoms with E-state index in [1.54, 1.807) is 11.9 Å². The number of hydrogen-bond acceptors (Lipinski definition) is 8. The molecule has 264 valence electrons. The van der Waals surface area contributed by atoms with Crippen LogP contribution in [0.5, 0.6) is 5.75 Å². The predicted molar refractivity (Wildman–Crippen MR) is 200 cm³/mol. The summed E-state index contributed by atoms with van der Waals surface area (Å²) in [6, 6.07) is 12.7. The molecular weight excluding hydrogens is 652 g/mol. The second-order valence-corrected chi connectivity index (χ2v) is 16.5. The summed E-state index contributed by atoms with van der Waals surface area (Å²) in [4.78, 5) is 14.7. The SMILES string of the molecule is CC.CCCc1cc(Cl)ccc1C1COc2ccc(SNC)cc2N(CC2CCC2C(O)/C=C/CC(C)C(C)C=O)C1.CS(C)(=O)=O. The first kappa shape index (κ1) is 41.1. The number of halogens is 1. The van der Waals surface area contributed by atoms with E-state index in [2.05, 4.69) is 59.9 Å². The first-order valence-corrected chi connectivity index (χ1v) is 20.4. The largest absolute Gasteiger partial charge is 0.491 e. The molecule has 2 aromatic rings. The smallest absolute Gasteiger partial charge is 0.144 e. The van der Waals surface area contributed by atoms with Gasteiger partial charge in [-0.25, -0.2) is 8.42 Å². The Morgan fingerprint density at radius 1 is 1.15 bits per heavy atom. The van der Waals surface area contributed by atoms with E-state index in [-0.39, 0.29) is 23.7 Å². The number of ether oxygens (including phenoxy) is 1. The Morgan fingerprint density at radius 2 is 1.85 bits per heavy atom. The maximum absolute atomic E-state index is 11.1. The number of nitrogens with zero attached hydrogens (tertiary/aromatic N) is 1. The van der Waals surface area contributed by atoms with E-state index in [4.69, 9.17) is 16.3 Å². The number of benzene rings is 2. The lowest BCUT2D eigenvalue weighted by Gasteiger charge is -2.42. The van der Waals surface area contributed by atoms with Gasteiger partial charge in [0, 0.05) is 47.4 Å². The number of carbonyl (C=O) groups excluding carboxylic acids is 1. The molecule has 0 aromatic heterocycles. The van der Waals surface area contributed by atoms with Crippen LogP contribution in [-0.4, -0.2) is 65.2 Å². The van der Waals surface area contributed by atoms with Crippen LogP contribution in [0.1, 0.15) is 77.3 Å². The fourth-order valence-corrected chi connectivity index (χ4v) is 6.69. The number of allylic oxidation sites excluding steroid dienone is 1. The van der Waals surface area contributed by atoms with Crippen molar-refractivity contribution in [2.24, 2.45) is 23.7 Å². The van der Waals surface area contributed by atoms with Crippen LogP contribution in [0, 0.1) is 23.7 Å². The van der Waals surface area contributed by atoms with E-state index in [9.17, 15) is 18.3 Å². The Morgan fingerprint density at radius 3 is 2.45 bits per heavy atom. The average molecular weight is 709 g/mol. The Hall–Kier alpha value is -2.04. The predicted octanol–water partition coefficient (Wildman–Crippen LogP) is 7.99. The molecule has 1 fully saturated rings. The summed E-state index contributed by atoms with van der Waals surface area (Å²) >= 11 is 8.00. The molecule has 0 saturated heterocycles. The van der Waals surface area contributed by atoms with Crippen LogP contribution < -0.4 is 14.4 Å². The fraction of sp³-hybridized carbons (Fsp3) is 0.595. The van der Waals surface area contributed by atoms with Gasteiger partial charge in [0.05, 0.1) is 18.4 Å². The molecule has 6 atom stereocenters. The zero-order chi connectivity index (χ0) is 35.1. The third kappa shape index (κ3) is 13.4. The van der Waals surface area contributed by atoms with Gasteiger partial charge in [-0.3, -0.25) is 4.72 Å². The lowest BCUT2D eigenvalue weighted by molar-refractivity contribution is -0.111. The van der Waals surface area contributed by atoms with Crippen LogP contribution in [0.3, 0.4) is 0 Å². The molecule has 2 N–H and O–H groups in total. The molecule has 4 rings (SSSR count). The maximum Gasteiger partial charge on any atom is 0.144 e. The zero-order valence-electron chi connectivity index (χ0n) is 29.5. The first-order valence-electron chi connectivity index (χ1n) is 16.9. The molecule has 10 heteroatoms. The van der Waals surface area contributed by atoms with Gasteiger partial charge >= 0.3 is 0 Å². The minimum Gasteiger partial charge on any atom is -0.491 e. The monoisotopic (exact) mass is 708 g/mol. The van der Waals surface area contributed by atoms with Gasteiger partial charge in [0.2, 0.25) is 0 Å². The Labute approximate surface area is 293 Å². The molecular formula is C37H57ClN2O5S2. The molecule has 1 aliphatic carbocycles. The van der Waals surface area contributed by atoms with Crippen molar-refractivity contribution in [1.82, 2.24) is 4.72 Å². The summed E-state index contributed by atoms with van der Waals surface area (Å²) in [5.41, 5.74) is 3.75. The van der Waals surface area contributed by atoms with Crippen LogP contribution >= 0.6 is 23.5 Å². The van der Waals surface area contributed by atoms with Crippen molar-refractivity contribution in [3.8, 4) is 5.75 Å². The molecule has 2 aromatic carbocycles. The first-order chi connectivity index (χ1) is 22.3.